The second-order valence-corrected chi connectivity index (χ2v) is 4.21. The van der Waals surface area contributed by atoms with Gasteiger partial charge in [-0.25, -0.2) is 0 Å². The van der Waals surface area contributed by atoms with Gasteiger partial charge in [-0.2, -0.15) is 0 Å². The molecule has 0 aliphatic carbocycles. The minimum absolute atomic E-state index is 0.0787. The predicted molar refractivity (Wildman–Crippen MR) is 48.9 cm³/mol. The molecular formula is C9H18N2O. The highest BCUT2D eigenvalue weighted by Crippen LogP contribution is 2.24. The highest BCUT2D eigenvalue weighted by molar-refractivity contribution is 5.73. The Morgan fingerprint density at radius 3 is 2.75 bits per heavy atom. The van der Waals surface area contributed by atoms with Crippen molar-refractivity contribution in [2.24, 2.45) is 5.41 Å². The Morgan fingerprint density at radius 2 is 2.25 bits per heavy atom. The van der Waals surface area contributed by atoms with E-state index < -0.39 is 0 Å². The van der Waals surface area contributed by atoms with E-state index in [9.17, 15) is 4.79 Å². The van der Waals surface area contributed by atoms with E-state index in [-0.39, 0.29) is 11.3 Å². The third-order valence-electron chi connectivity index (χ3n) is 2.51. The maximum atomic E-state index is 10.9. The zero-order chi connectivity index (χ0) is 9.19. The molecule has 1 saturated heterocycles. The van der Waals surface area contributed by atoms with Crippen molar-refractivity contribution in [3.63, 3.8) is 0 Å². The number of hydrogen-bond donors (Lipinski definition) is 2. The van der Waals surface area contributed by atoms with Crippen molar-refractivity contribution in [1.29, 1.82) is 0 Å². The van der Waals surface area contributed by atoms with E-state index in [0.29, 0.717) is 6.04 Å². The van der Waals surface area contributed by atoms with Crippen molar-refractivity contribution in [1.82, 2.24) is 10.6 Å². The van der Waals surface area contributed by atoms with Gasteiger partial charge < -0.3 is 10.6 Å². The van der Waals surface area contributed by atoms with Gasteiger partial charge in [0.05, 0.1) is 0 Å². The lowest BCUT2D eigenvalue weighted by molar-refractivity contribution is -0.120. The maximum absolute atomic E-state index is 10.9. The lowest BCUT2D eigenvalue weighted by Crippen LogP contribution is -2.53. The standard InChI is InChI=1S/C9H18N2O/c1-7(12)11-8-4-5-10-6-9(8,2)3/h8,10H,4-6H2,1-3H3,(H,11,12). The van der Waals surface area contributed by atoms with E-state index in [0.717, 1.165) is 19.5 Å². The summed E-state index contributed by atoms with van der Waals surface area (Å²) in [5, 5.41) is 6.32. The van der Waals surface area contributed by atoms with Gasteiger partial charge in [0.2, 0.25) is 5.91 Å². The molecule has 0 saturated carbocycles. The third-order valence-corrected chi connectivity index (χ3v) is 2.51. The lowest BCUT2D eigenvalue weighted by Gasteiger charge is -2.39. The smallest absolute Gasteiger partial charge is 0.217 e. The first kappa shape index (κ1) is 9.52. The number of rotatable bonds is 1. The number of carbonyl (C=O) groups excluding carboxylic acids is 1. The fourth-order valence-electron chi connectivity index (χ4n) is 1.68. The highest BCUT2D eigenvalue weighted by Gasteiger charge is 2.32. The summed E-state index contributed by atoms with van der Waals surface area (Å²) in [5.74, 6) is 0.0787. The molecule has 0 aromatic carbocycles. The Morgan fingerprint density at radius 1 is 1.58 bits per heavy atom. The zero-order valence-corrected chi connectivity index (χ0v) is 8.11. The Bertz CT molecular complexity index is 177. The van der Waals surface area contributed by atoms with Crippen LogP contribution in [-0.4, -0.2) is 25.0 Å². The summed E-state index contributed by atoms with van der Waals surface area (Å²) >= 11 is 0. The molecule has 1 aliphatic heterocycles. The molecule has 0 radical (unpaired) electrons. The Labute approximate surface area is 73.9 Å². The summed E-state index contributed by atoms with van der Waals surface area (Å²) < 4.78 is 0. The fourth-order valence-corrected chi connectivity index (χ4v) is 1.68. The minimum Gasteiger partial charge on any atom is -0.353 e. The first-order valence-corrected chi connectivity index (χ1v) is 4.50. The minimum atomic E-state index is 0.0787. The monoisotopic (exact) mass is 170 g/mol. The van der Waals surface area contributed by atoms with Crippen LogP contribution < -0.4 is 10.6 Å². The number of piperidine rings is 1. The fraction of sp³-hybridized carbons (Fsp3) is 0.889. The van der Waals surface area contributed by atoms with Gasteiger partial charge in [-0.15, -0.1) is 0 Å². The van der Waals surface area contributed by atoms with Crippen LogP contribution in [0.4, 0.5) is 0 Å². The molecular weight excluding hydrogens is 152 g/mol. The Kier molecular flexibility index (Phi) is 2.73. The van der Waals surface area contributed by atoms with Crippen molar-refractivity contribution in [2.75, 3.05) is 13.1 Å². The summed E-state index contributed by atoms with van der Waals surface area (Å²) in [4.78, 5) is 10.9. The van der Waals surface area contributed by atoms with Crippen LogP contribution >= 0.6 is 0 Å². The lowest BCUT2D eigenvalue weighted by atomic mass is 9.80. The number of carbonyl (C=O) groups is 1. The second kappa shape index (κ2) is 3.44. The summed E-state index contributed by atoms with van der Waals surface area (Å²) in [6, 6.07) is 0.330. The van der Waals surface area contributed by atoms with Crippen molar-refractivity contribution in [2.45, 2.75) is 33.2 Å². The Balaban J connectivity index is 2.54. The van der Waals surface area contributed by atoms with Gasteiger partial charge >= 0.3 is 0 Å². The number of hydrogen-bond acceptors (Lipinski definition) is 2. The first-order valence-electron chi connectivity index (χ1n) is 4.50. The molecule has 0 bridgehead atoms. The predicted octanol–water partition coefficient (Wildman–Crippen LogP) is 0.511. The average Bonchev–Trinajstić information content (AvgIpc) is 1.92. The molecule has 12 heavy (non-hydrogen) atoms. The summed E-state index contributed by atoms with van der Waals surface area (Å²) in [6.07, 6.45) is 1.03. The summed E-state index contributed by atoms with van der Waals surface area (Å²) in [7, 11) is 0. The third kappa shape index (κ3) is 2.21. The summed E-state index contributed by atoms with van der Waals surface area (Å²) in [5.41, 5.74) is 0.184. The van der Waals surface area contributed by atoms with Crippen LogP contribution in [-0.2, 0) is 4.79 Å². The first-order chi connectivity index (χ1) is 5.52. The molecule has 1 atom stereocenters. The van der Waals surface area contributed by atoms with Crippen LogP contribution in [0.25, 0.3) is 0 Å². The molecule has 1 amide bonds. The highest BCUT2D eigenvalue weighted by atomic mass is 16.1. The molecule has 70 valence electrons. The molecule has 1 aliphatic rings. The van der Waals surface area contributed by atoms with Gasteiger partial charge in [-0.3, -0.25) is 4.79 Å². The zero-order valence-electron chi connectivity index (χ0n) is 8.11. The van der Waals surface area contributed by atoms with Crippen LogP contribution in [0.3, 0.4) is 0 Å². The molecule has 1 rings (SSSR count). The van der Waals surface area contributed by atoms with Crippen molar-refractivity contribution >= 4 is 5.91 Å². The largest absolute Gasteiger partial charge is 0.353 e. The number of nitrogens with one attached hydrogen (secondary N) is 2. The topological polar surface area (TPSA) is 41.1 Å². The molecule has 1 heterocycles. The summed E-state index contributed by atoms with van der Waals surface area (Å²) in [6.45, 7) is 7.93. The van der Waals surface area contributed by atoms with E-state index in [1.807, 2.05) is 0 Å². The van der Waals surface area contributed by atoms with E-state index >= 15 is 0 Å². The van der Waals surface area contributed by atoms with E-state index in [1.54, 1.807) is 6.92 Å². The van der Waals surface area contributed by atoms with E-state index in [1.165, 1.54) is 0 Å². The second-order valence-electron chi connectivity index (χ2n) is 4.21. The normalized spacial score (nSPS) is 28.1. The number of amides is 1. The molecule has 0 spiro atoms. The molecule has 3 nitrogen and oxygen atoms in total. The molecule has 2 N–H and O–H groups in total. The van der Waals surface area contributed by atoms with E-state index in [2.05, 4.69) is 24.5 Å². The van der Waals surface area contributed by atoms with Gasteiger partial charge in [-0.1, -0.05) is 13.8 Å². The van der Waals surface area contributed by atoms with Crippen LogP contribution in [0.1, 0.15) is 27.2 Å². The Hall–Kier alpha value is -0.570. The van der Waals surface area contributed by atoms with Gasteiger partial charge in [0.25, 0.3) is 0 Å². The van der Waals surface area contributed by atoms with Crippen LogP contribution in [0, 0.1) is 5.41 Å². The molecule has 1 fully saturated rings. The molecule has 0 aromatic heterocycles. The van der Waals surface area contributed by atoms with Gasteiger partial charge in [-0.05, 0) is 18.4 Å². The molecule has 3 heteroatoms. The van der Waals surface area contributed by atoms with Crippen LogP contribution in [0.5, 0.6) is 0 Å². The average molecular weight is 170 g/mol. The van der Waals surface area contributed by atoms with Crippen molar-refractivity contribution < 1.29 is 4.79 Å². The SMILES string of the molecule is CC(=O)NC1CCNCC1(C)C. The van der Waals surface area contributed by atoms with Gasteiger partial charge in [0, 0.05) is 19.5 Å². The van der Waals surface area contributed by atoms with Gasteiger partial charge in [0.15, 0.2) is 0 Å². The maximum Gasteiger partial charge on any atom is 0.217 e. The van der Waals surface area contributed by atoms with Crippen molar-refractivity contribution in [3.8, 4) is 0 Å². The quantitative estimate of drug-likeness (QED) is 0.602. The van der Waals surface area contributed by atoms with Crippen molar-refractivity contribution in [3.05, 3.63) is 0 Å². The van der Waals surface area contributed by atoms with Crippen LogP contribution in [0.15, 0.2) is 0 Å². The van der Waals surface area contributed by atoms with Gasteiger partial charge in [0.1, 0.15) is 0 Å². The molecule has 0 aromatic rings. The van der Waals surface area contributed by atoms with E-state index in [4.69, 9.17) is 0 Å². The molecule has 1 unspecified atom stereocenters. The van der Waals surface area contributed by atoms with Crippen LogP contribution in [0.2, 0.25) is 0 Å².